The Morgan fingerprint density at radius 1 is 1.32 bits per heavy atom. The summed E-state index contributed by atoms with van der Waals surface area (Å²) in [4.78, 5) is 0. The van der Waals surface area contributed by atoms with Crippen LogP contribution < -0.4 is 5.32 Å². The second-order valence-corrected chi connectivity index (χ2v) is 7.91. The van der Waals surface area contributed by atoms with Gasteiger partial charge >= 0.3 is 0 Å². The molecule has 0 spiro atoms. The fourth-order valence-electron chi connectivity index (χ4n) is 2.83. The summed E-state index contributed by atoms with van der Waals surface area (Å²) in [5.74, 6) is 0.933. The zero-order valence-corrected chi connectivity index (χ0v) is 12.8. The van der Waals surface area contributed by atoms with Gasteiger partial charge < -0.3 is 5.32 Å². The molecule has 1 aromatic rings. The molecule has 0 aliphatic carbocycles. The van der Waals surface area contributed by atoms with E-state index in [2.05, 4.69) is 37.4 Å². The highest BCUT2D eigenvalue weighted by Gasteiger charge is 2.32. The second kappa shape index (κ2) is 5.63. The second-order valence-electron chi connectivity index (χ2n) is 5.68. The van der Waals surface area contributed by atoms with Gasteiger partial charge in [-0.15, -0.1) is 0 Å². The molecule has 2 unspecified atom stereocenters. The van der Waals surface area contributed by atoms with Gasteiger partial charge in [-0.1, -0.05) is 18.2 Å². The van der Waals surface area contributed by atoms with Crippen molar-refractivity contribution in [2.75, 3.05) is 18.6 Å². The maximum Gasteiger partial charge on any atom is 0.150 e. The topological polar surface area (TPSA) is 46.2 Å². The average molecular weight is 281 g/mol. The van der Waals surface area contributed by atoms with Crippen molar-refractivity contribution in [2.45, 2.75) is 32.7 Å². The number of aryl methyl sites for hydroxylation is 2. The lowest BCUT2D eigenvalue weighted by molar-refractivity contribution is 0.403. The Morgan fingerprint density at radius 3 is 2.58 bits per heavy atom. The number of nitrogens with one attached hydrogen (secondary N) is 1. The monoisotopic (exact) mass is 281 g/mol. The van der Waals surface area contributed by atoms with E-state index in [9.17, 15) is 8.42 Å². The van der Waals surface area contributed by atoms with Crippen LogP contribution in [-0.4, -0.2) is 33.0 Å². The Hall–Kier alpha value is -0.870. The van der Waals surface area contributed by atoms with Gasteiger partial charge in [0, 0.05) is 6.04 Å². The number of sulfone groups is 1. The molecule has 1 aliphatic rings. The molecule has 1 fully saturated rings. The van der Waals surface area contributed by atoms with Crippen LogP contribution >= 0.6 is 0 Å². The molecule has 0 saturated carbocycles. The summed E-state index contributed by atoms with van der Waals surface area (Å²) >= 11 is 0. The highest BCUT2D eigenvalue weighted by molar-refractivity contribution is 7.91. The summed E-state index contributed by atoms with van der Waals surface area (Å²) in [6.07, 6.45) is 1.69. The molecule has 1 aromatic carbocycles. The van der Waals surface area contributed by atoms with Crippen molar-refractivity contribution in [1.82, 2.24) is 5.32 Å². The molecule has 0 amide bonds. The summed E-state index contributed by atoms with van der Waals surface area (Å²) < 4.78 is 23.2. The van der Waals surface area contributed by atoms with E-state index in [4.69, 9.17) is 0 Å². The molecule has 1 N–H and O–H groups in total. The first kappa shape index (κ1) is 14.5. The SMILES string of the molecule is CNC(Cc1ccc(C)c(C)c1)C1CCS(=O)(=O)C1. The maximum atomic E-state index is 11.6. The third-order valence-corrected chi connectivity index (χ3v) is 6.03. The number of hydrogen-bond acceptors (Lipinski definition) is 3. The van der Waals surface area contributed by atoms with Crippen LogP contribution in [0, 0.1) is 19.8 Å². The Labute approximate surface area is 116 Å². The summed E-state index contributed by atoms with van der Waals surface area (Å²) in [6.45, 7) is 4.23. The molecule has 1 aliphatic heterocycles. The van der Waals surface area contributed by atoms with Gasteiger partial charge in [0.25, 0.3) is 0 Å². The molecule has 4 heteroatoms. The minimum Gasteiger partial charge on any atom is -0.316 e. The lowest BCUT2D eigenvalue weighted by atomic mass is 9.92. The predicted molar refractivity (Wildman–Crippen MR) is 79.2 cm³/mol. The van der Waals surface area contributed by atoms with Crippen LogP contribution in [0.2, 0.25) is 0 Å². The van der Waals surface area contributed by atoms with Crippen LogP contribution in [0.3, 0.4) is 0 Å². The molecule has 0 radical (unpaired) electrons. The fraction of sp³-hybridized carbons (Fsp3) is 0.600. The molecule has 1 heterocycles. The van der Waals surface area contributed by atoms with E-state index in [0.717, 1.165) is 12.8 Å². The molecule has 0 bridgehead atoms. The van der Waals surface area contributed by atoms with Crippen molar-refractivity contribution >= 4 is 9.84 Å². The van der Waals surface area contributed by atoms with E-state index in [1.165, 1.54) is 16.7 Å². The maximum absolute atomic E-state index is 11.6. The molecule has 1 saturated heterocycles. The van der Waals surface area contributed by atoms with Crippen LogP contribution in [0.1, 0.15) is 23.1 Å². The van der Waals surface area contributed by atoms with Crippen molar-refractivity contribution in [2.24, 2.45) is 5.92 Å². The van der Waals surface area contributed by atoms with Crippen LogP contribution in [0.15, 0.2) is 18.2 Å². The summed E-state index contributed by atoms with van der Waals surface area (Å²) in [5, 5.41) is 3.30. The lowest BCUT2D eigenvalue weighted by Crippen LogP contribution is -2.36. The molecule has 0 aromatic heterocycles. The Morgan fingerprint density at radius 2 is 2.05 bits per heavy atom. The van der Waals surface area contributed by atoms with Crippen LogP contribution in [0.5, 0.6) is 0 Å². The number of rotatable bonds is 4. The largest absolute Gasteiger partial charge is 0.316 e. The molecular weight excluding hydrogens is 258 g/mol. The first-order valence-corrected chi connectivity index (χ1v) is 8.67. The third kappa shape index (κ3) is 3.57. The van der Waals surface area contributed by atoms with Gasteiger partial charge in [-0.05, 0) is 56.3 Å². The molecule has 106 valence electrons. The van der Waals surface area contributed by atoms with E-state index < -0.39 is 9.84 Å². The van der Waals surface area contributed by atoms with E-state index >= 15 is 0 Å². The standard InChI is InChI=1S/C15H23NO2S/c1-11-4-5-13(8-12(11)2)9-15(16-3)14-6-7-19(17,18)10-14/h4-5,8,14-16H,6-7,9-10H2,1-3H3. The molecular formula is C15H23NO2S. The van der Waals surface area contributed by atoms with Gasteiger partial charge in [0.2, 0.25) is 0 Å². The van der Waals surface area contributed by atoms with Crippen molar-refractivity contribution in [3.63, 3.8) is 0 Å². The van der Waals surface area contributed by atoms with Gasteiger partial charge in [0.1, 0.15) is 0 Å². The first-order chi connectivity index (χ1) is 8.91. The fourth-order valence-corrected chi connectivity index (χ4v) is 4.71. The summed E-state index contributed by atoms with van der Waals surface area (Å²) in [7, 11) is -0.871. The predicted octanol–water partition coefficient (Wildman–Crippen LogP) is 1.87. The summed E-state index contributed by atoms with van der Waals surface area (Å²) in [6, 6.07) is 6.75. The van der Waals surface area contributed by atoms with Crippen molar-refractivity contribution in [3.8, 4) is 0 Å². The quantitative estimate of drug-likeness (QED) is 0.916. The summed E-state index contributed by atoms with van der Waals surface area (Å²) in [5.41, 5.74) is 3.88. The van der Waals surface area contributed by atoms with Crippen LogP contribution in [0.4, 0.5) is 0 Å². The number of likely N-dealkylation sites (N-methyl/N-ethyl adjacent to an activating group) is 1. The van der Waals surface area contributed by atoms with Crippen LogP contribution in [-0.2, 0) is 16.3 Å². The number of benzene rings is 1. The molecule has 19 heavy (non-hydrogen) atoms. The van der Waals surface area contributed by atoms with Crippen molar-refractivity contribution in [1.29, 1.82) is 0 Å². The van der Waals surface area contributed by atoms with E-state index in [-0.39, 0.29) is 12.0 Å². The van der Waals surface area contributed by atoms with E-state index in [1.807, 2.05) is 7.05 Å². The zero-order chi connectivity index (χ0) is 14.0. The minimum absolute atomic E-state index is 0.247. The van der Waals surface area contributed by atoms with Crippen molar-refractivity contribution in [3.05, 3.63) is 34.9 Å². The lowest BCUT2D eigenvalue weighted by Gasteiger charge is -2.22. The Kier molecular flexibility index (Phi) is 4.31. The van der Waals surface area contributed by atoms with Gasteiger partial charge in [-0.25, -0.2) is 8.42 Å². The van der Waals surface area contributed by atoms with Crippen molar-refractivity contribution < 1.29 is 8.42 Å². The first-order valence-electron chi connectivity index (χ1n) is 6.85. The average Bonchev–Trinajstić information content (AvgIpc) is 2.71. The highest BCUT2D eigenvalue weighted by atomic mass is 32.2. The van der Waals surface area contributed by atoms with E-state index in [0.29, 0.717) is 11.5 Å². The van der Waals surface area contributed by atoms with Gasteiger partial charge in [-0.2, -0.15) is 0 Å². The van der Waals surface area contributed by atoms with E-state index in [1.54, 1.807) is 0 Å². The third-order valence-electron chi connectivity index (χ3n) is 4.23. The molecule has 2 atom stereocenters. The molecule has 2 rings (SSSR count). The minimum atomic E-state index is -2.80. The Bertz CT molecular complexity index is 551. The molecule has 3 nitrogen and oxygen atoms in total. The normalized spacial score (nSPS) is 23.4. The Balaban J connectivity index is 2.09. The van der Waals surface area contributed by atoms with Crippen LogP contribution in [0.25, 0.3) is 0 Å². The smallest absolute Gasteiger partial charge is 0.150 e. The van der Waals surface area contributed by atoms with Gasteiger partial charge in [0.15, 0.2) is 9.84 Å². The zero-order valence-electron chi connectivity index (χ0n) is 11.9. The van der Waals surface area contributed by atoms with Gasteiger partial charge in [-0.3, -0.25) is 0 Å². The number of hydrogen-bond donors (Lipinski definition) is 1. The van der Waals surface area contributed by atoms with Gasteiger partial charge in [0.05, 0.1) is 11.5 Å². The highest BCUT2D eigenvalue weighted by Crippen LogP contribution is 2.24.